The summed E-state index contributed by atoms with van der Waals surface area (Å²) in [6.07, 6.45) is -2.37. The fourth-order valence-corrected chi connectivity index (χ4v) is 3.89. The lowest BCUT2D eigenvalue weighted by atomic mass is 9.84. The molecule has 1 aromatic carbocycles. The van der Waals surface area contributed by atoms with Crippen LogP contribution in [0.25, 0.3) is 22.5 Å². The molecule has 1 unspecified atom stereocenters. The van der Waals surface area contributed by atoms with Gasteiger partial charge in [-0.25, -0.2) is 4.98 Å². The highest BCUT2D eigenvalue weighted by atomic mass is 19.4. The van der Waals surface area contributed by atoms with Crippen molar-refractivity contribution in [3.8, 4) is 11.6 Å². The van der Waals surface area contributed by atoms with Crippen LogP contribution >= 0.6 is 0 Å². The number of hydrogen-bond acceptors (Lipinski definition) is 7. The number of anilines is 2. The molecule has 1 aliphatic heterocycles. The van der Waals surface area contributed by atoms with Gasteiger partial charge in [0.2, 0.25) is 0 Å². The van der Waals surface area contributed by atoms with Crippen LogP contribution < -0.4 is 10.6 Å². The Morgan fingerprint density at radius 2 is 1.91 bits per heavy atom. The number of fused-ring (bicyclic) bond motifs is 1. The molecule has 7 nitrogen and oxygen atoms in total. The normalized spacial score (nSPS) is 17.4. The second-order valence-electron chi connectivity index (χ2n) is 9.43. The largest absolute Gasteiger partial charge is 0.405 e. The summed E-state index contributed by atoms with van der Waals surface area (Å²) < 4.78 is 49.5. The van der Waals surface area contributed by atoms with Gasteiger partial charge in [0, 0.05) is 17.7 Å². The molecule has 0 amide bonds. The molecule has 2 N–H and O–H groups in total. The number of rotatable bonds is 5. The van der Waals surface area contributed by atoms with E-state index >= 15 is 0 Å². The third-order valence-corrected chi connectivity index (χ3v) is 5.55. The van der Waals surface area contributed by atoms with Gasteiger partial charge in [0.25, 0.3) is 5.89 Å². The summed E-state index contributed by atoms with van der Waals surface area (Å²) in [5, 5.41) is 14.7. The minimum absolute atomic E-state index is 0.119. The lowest BCUT2D eigenvalue weighted by Gasteiger charge is -2.23. The molecular formula is C23H28F3N5O2. The first-order valence-corrected chi connectivity index (χ1v) is 10.9. The molecule has 1 saturated heterocycles. The number of halogens is 3. The van der Waals surface area contributed by atoms with Crippen molar-refractivity contribution in [1.29, 1.82) is 0 Å². The molecular weight excluding hydrogens is 435 g/mol. The van der Waals surface area contributed by atoms with E-state index in [1.165, 1.54) is 0 Å². The van der Waals surface area contributed by atoms with Crippen LogP contribution in [0.2, 0.25) is 0 Å². The first-order chi connectivity index (χ1) is 15.5. The molecule has 4 rings (SSSR count). The van der Waals surface area contributed by atoms with Crippen molar-refractivity contribution in [2.24, 2.45) is 0 Å². The molecule has 0 bridgehead atoms. The number of aromatic nitrogens is 3. The predicted molar refractivity (Wildman–Crippen MR) is 120 cm³/mol. The second kappa shape index (κ2) is 8.81. The molecule has 1 atom stereocenters. The maximum atomic E-state index is 12.7. The number of pyridine rings is 1. The van der Waals surface area contributed by atoms with Crippen LogP contribution in [0.4, 0.5) is 24.9 Å². The maximum absolute atomic E-state index is 12.7. The number of benzene rings is 1. The lowest BCUT2D eigenvalue weighted by Crippen LogP contribution is -2.30. The van der Waals surface area contributed by atoms with Crippen LogP contribution in [0.3, 0.4) is 0 Å². The Kier molecular flexibility index (Phi) is 6.22. The molecule has 178 valence electrons. The Balaban J connectivity index is 1.70. The summed E-state index contributed by atoms with van der Waals surface area (Å²) in [4.78, 5) is 4.78. The minimum atomic E-state index is -4.30. The SMILES string of the molecule is Cc1cc(-c2nnc(NC3CCCOC3)o2)nc2c(C(C)(C)C)cc(NCC(F)(F)F)cc12. The van der Waals surface area contributed by atoms with Crippen LogP contribution in [0.1, 0.15) is 44.7 Å². The van der Waals surface area contributed by atoms with Gasteiger partial charge in [-0.2, -0.15) is 13.2 Å². The highest BCUT2D eigenvalue weighted by Gasteiger charge is 2.28. The molecule has 1 aliphatic rings. The van der Waals surface area contributed by atoms with Gasteiger partial charge in [-0.05, 0) is 54.5 Å². The summed E-state index contributed by atoms with van der Waals surface area (Å²) in [6.45, 7) is 8.14. The van der Waals surface area contributed by atoms with Gasteiger partial charge in [0.15, 0.2) is 0 Å². The van der Waals surface area contributed by atoms with E-state index in [9.17, 15) is 13.2 Å². The zero-order valence-corrected chi connectivity index (χ0v) is 19.1. The zero-order valence-electron chi connectivity index (χ0n) is 19.1. The van der Waals surface area contributed by atoms with E-state index in [0.29, 0.717) is 29.5 Å². The van der Waals surface area contributed by atoms with Crippen molar-refractivity contribution in [3.63, 3.8) is 0 Å². The van der Waals surface area contributed by atoms with Crippen LogP contribution in [-0.4, -0.2) is 47.2 Å². The average Bonchev–Trinajstić information content (AvgIpc) is 3.20. The van der Waals surface area contributed by atoms with E-state index in [1.807, 2.05) is 33.8 Å². The quantitative estimate of drug-likeness (QED) is 0.520. The second-order valence-corrected chi connectivity index (χ2v) is 9.43. The van der Waals surface area contributed by atoms with Crippen molar-refractivity contribution in [3.05, 3.63) is 29.3 Å². The Labute approximate surface area is 190 Å². The van der Waals surface area contributed by atoms with Crippen molar-refractivity contribution < 1.29 is 22.3 Å². The molecule has 0 radical (unpaired) electrons. The van der Waals surface area contributed by atoms with Crippen molar-refractivity contribution >= 4 is 22.6 Å². The number of alkyl halides is 3. The third kappa shape index (κ3) is 5.55. The highest BCUT2D eigenvalue weighted by Crippen LogP contribution is 2.35. The molecule has 10 heteroatoms. The fraction of sp³-hybridized carbons (Fsp3) is 0.522. The Hall–Kier alpha value is -2.88. The van der Waals surface area contributed by atoms with E-state index in [0.717, 1.165) is 36.0 Å². The van der Waals surface area contributed by atoms with Gasteiger partial charge in [0.1, 0.15) is 12.2 Å². The van der Waals surface area contributed by atoms with Gasteiger partial charge < -0.3 is 19.8 Å². The molecule has 0 spiro atoms. The summed E-state index contributed by atoms with van der Waals surface area (Å²) >= 11 is 0. The summed E-state index contributed by atoms with van der Waals surface area (Å²) in [5.41, 5.74) is 2.94. The van der Waals surface area contributed by atoms with Crippen LogP contribution in [0, 0.1) is 6.92 Å². The highest BCUT2D eigenvalue weighted by molar-refractivity contribution is 5.90. The third-order valence-electron chi connectivity index (χ3n) is 5.55. The smallest absolute Gasteiger partial charge is 0.402 e. The van der Waals surface area contributed by atoms with Gasteiger partial charge in [0.05, 0.1) is 18.2 Å². The summed E-state index contributed by atoms with van der Waals surface area (Å²) in [5.74, 6) is 0.276. The van der Waals surface area contributed by atoms with E-state index in [-0.39, 0.29) is 17.3 Å². The number of aryl methyl sites for hydroxylation is 1. The van der Waals surface area contributed by atoms with E-state index in [1.54, 1.807) is 12.1 Å². The monoisotopic (exact) mass is 463 g/mol. The Morgan fingerprint density at radius 1 is 1.12 bits per heavy atom. The standard InChI is InChI=1S/C23H28F3N5O2/c1-13-8-18(20-30-31-21(33-20)28-14-6-5-7-32-11-14)29-19-16(13)9-15(27-12-23(24,25)26)10-17(19)22(2,3)4/h8-10,14,27H,5-7,11-12H2,1-4H3,(H,28,31). The molecule has 3 aromatic rings. The van der Waals surface area contributed by atoms with Crippen molar-refractivity contribution in [2.75, 3.05) is 30.4 Å². The average molecular weight is 464 g/mol. The Bertz CT molecular complexity index is 1130. The molecule has 0 saturated carbocycles. The van der Waals surface area contributed by atoms with Crippen molar-refractivity contribution in [1.82, 2.24) is 15.2 Å². The molecule has 0 aliphatic carbocycles. The van der Waals surface area contributed by atoms with Gasteiger partial charge >= 0.3 is 12.2 Å². The first-order valence-electron chi connectivity index (χ1n) is 10.9. The number of ether oxygens (including phenoxy) is 1. The first kappa shape index (κ1) is 23.3. The van der Waals surface area contributed by atoms with E-state index < -0.39 is 12.7 Å². The number of nitrogens with one attached hydrogen (secondary N) is 2. The van der Waals surface area contributed by atoms with Gasteiger partial charge in [-0.1, -0.05) is 25.9 Å². The van der Waals surface area contributed by atoms with Gasteiger partial charge in [-0.15, -0.1) is 5.10 Å². The van der Waals surface area contributed by atoms with Crippen LogP contribution in [0.15, 0.2) is 22.6 Å². The maximum Gasteiger partial charge on any atom is 0.405 e. The molecule has 1 fully saturated rings. The number of hydrogen-bond donors (Lipinski definition) is 2. The molecule has 33 heavy (non-hydrogen) atoms. The van der Waals surface area contributed by atoms with Gasteiger partial charge in [-0.3, -0.25) is 0 Å². The van der Waals surface area contributed by atoms with Crippen LogP contribution in [-0.2, 0) is 10.2 Å². The van der Waals surface area contributed by atoms with E-state index in [4.69, 9.17) is 14.1 Å². The van der Waals surface area contributed by atoms with Crippen LogP contribution in [0.5, 0.6) is 0 Å². The zero-order chi connectivity index (χ0) is 23.8. The van der Waals surface area contributed by atoms with E-state index in [2.05, 4.69) is 20.8 Å². The topological polar surface area (TPSA) is 85.1 Å². The summed E-state index contributed by atoms with van der Waals surface area (Å²) in [6, 6.07) is 5.67. The predicted octanol–water partition coefficient (Wildman–Crippen LogP) is 5.46. The number of nitrogens with zero attached hydrogens (tertiary/aromatic N) is 3. The molecule has 2 aromatic heterocycles. The lowest BCUT2D eigenvalue weighted by molar-refractivity contribution is -0.115. The summed E-state index contributed by atoms with van der Waals surface area (Å²) in [7, 11) is 0. The van der Waals surface area contributed by atoms with Crippen molar-refractivity contribution in [2.45, 2.75) is 58.2 Å². The minimum Gasteiger partial charge on any atom is -0.402 e. The fourth-order valence-electron chi connectivity index (χ4n) is 3.89. The molecule has 3 heterocycles. The Morgan fingerprint density at radius 3 is 2.58 bits per heavy atom.